The zero-order chi connectivity index (χ0) is 17.6. The minimum Gasteiger partial charge on any atom is -0.368 e. The maximum absolute atomic E-state index is 12.1. The average Bonchev–Trinajstić information content (AvgIpc) is 3.15. The van der Waals surface area contributed by atoms with Crippen LogP contribution >= 0.6 is 0 Å². The van der Waals surface area contributed by atoms with E-state index in [1.54, 1.807) is 6.07 Å². The van der Waals surface area contributed by atoms with Gasteiger partial charge < -0.3 is 15.4 Å². The predicted octanol–water partition coefficient (Wildman–Crippen LogP) is 2.72. The van der Waals surface area contributed by atoms with E-state index in [4.69, 9.17) is 4.74 Å². The lowest BCUT2D eigenvalue weighted by molar-refractivity contribution is -0.385. The number of amides is 1. The van der Waals surface area contributed by atoms with Crippen LogP contribution in [0.25, 0.3) is 0 Å². The van der Waals surface area contributed by atoms with E-state index in [1.165, 1.54) is 12.3 Å². The molecule has 0 spiro atoms. The normalized spacial score (nSPS) is 16.4. The molecule has 130 valence electrons. The lowest BCUT2D eigenvalue weighted by Gasteiger charge is -2.12. The van der Waals surface area contributed by atoms with Crippen LogP contribution in [-0.4, -0.2) is 28.5 Å². The van der Waals surface area contributed by atoms with Crippen LogP contribution in [0.2, 0.25) is 0 Å². The third-order valence-electron chi connectivity index (χ3n) is 3.85. The maximum Gasteiger partial charge on any atom is 0.287 e. The summed E-state index contributed by atoms with van der Waals surface area (Å²) >= 11 is 0. The molecule has 8 heteroatoms. The molecule has 0 radical (unpaired) electrons. The molecule has 1 amide bonds. The summed E-state index contributed by atoms with van der Waals surface area (Å²) in [6, 6.07) is 10.4. The van der Waals surface area contributed by atoms with E-state index in [0.717, 1.165) is 18.4 Å². The Labute approximate surface area is 144 Å². The van der Waals surface area contributed by atoms with Crippen molar-refractivity contribution in [3.05, 3.63) is 58.3 Å². The largest absolute Gasteiger partial charge is 0.368 e. The van der Waals surface area contributed by atoms with Gasteiger partial charge in [-0.2, -0.15) is 0 Å². The molecule has 1 aromatic heterocycles. The Bertz CT molecular complexity index is 757. The van der Waals surface area contributed by atoms with Gasteiger partial charge in [0.1, 0.15) is 18.1 Å². The summed E-state index contributed by atoms with van der Waals surface area (Å²) in [5, 5.41) is 16.6. The maximum atomic E-state index is 12.1. The number of hydrogen-bond donors (Lipinski definition) is 2. The molecule has 1 aliphatic rings. The van der Waals surface area contributed by atoms with Gasteiger partial charge in [-0.3, -0.25) is 14.9 Å². The van der Waals surface area contributed by atoms with Gasteiger partial charge in [0.2, 0.25) is 0 Å². The first-order valence-corrected chi connectivity index (χ1v) is 7.97. The molecule has 1 atom stereocenters. The smallest absolute Gasteiger partial charge is 0.287 e. The number of nitro groups is 1. The standard InChI is InChI=1S/C17H18N4O4/c22-17(15-5-2-8-25-15)20-13-4-1-3-12(9-13)10-18-16-7-6-14(11-19-16)21(23)24/h1,3-4,6-7,9,11,15H,2,5,8,10H2,(H,18,19)(H,20,22). The Kier molecular flexibility index (Phi) is 5.20. The molecule has 1 aromatic carbocycles. The van der Waals surface area contributed by atoms with E-state index < -0.39 is 4.92 Å². The third-order valence-corrected chi connectivity index (χ3v) is 3.85. The minimum atomic E-state index is -0.489. The second kappa shape index (κ2) is 7.71. The Morgan fingerprint density at radius 2 is 2.24 bits per heavy atom. The highest BCUT2D eigenvalue weighted by molar-refractivity contribution is 5.94. The Morgan fingerprint density at radius 1 is 1.36 bits per heavy atom. The van der Waals surface area contributed by atoms with Crippen molar-refractivity contribution in [2.75, 3.05) is 17.2 Å². The van der Waals surface area contributed by atoms with Gasteiger partial charge in [0.15, 0.2) is 0 Å². The molecule has 3 rings (SSSR count). The van der Waals surface area contributed by atoms with Crippen LogP contribution in [0.5, 0.6) is 0 Å². The number of rotatable bonds is 6. The van der Waals surface area contributed by atoms with Crippen LogP contribution in [0, 0.1) is 10.1 Å². The molecule has 2 N–H and O–H groups in total. The highest BCUT2D eigenvalue weighted by Crippen LogP contribution is 2.17. The van der Waals surface area contributed by atoms with Crippen molar-refractivity contribution in [2.24, 2.45) is 0 Å². The molecule has 8 nitrogen and oxygen atoms in total. The van der Waals surface area contributed by atoms with E-state index in [9.17, 15) is 14.9 Å². The fourth-order valence-electron chi connectivity index (χ4n) is 2.56. The Morgan fingerprint density at radius 3 is 2.92 bits per heavy atom. The molecule has 1 unspecified atom stereocenters. The number of aromatic nitrogens is 1. The number of benzene rings is 1. The van der Waals surface area contributed by atoms with Gasteiger partial charge in [-0.25, -0.2) is 4.98 Å². The monoisotopic (exact) mass is 342 g/mol. The molecule has 0 aliphatic carbocycles. The van der Waals surface area contributed by atoms with Gasteiger partial charge in [-0.05, 0) is 36.6 Å². The lowest BCUT2D eigenvalue weighted by atomic mass is 10.2. The number of pyridine rings is 1. The van der Waals surface area contributed by atoms with Crippen molar-refractivity contribution in [1.82, 2.24) is 4.98 Å². The summed E-state index contributed by atoms with van der Waals surface area (Å²) in [6.45, 7) is 1.11. The quantitative estimate of drug-likeness (QED) is 0.617. The summed E-state index contributed by atoms with van der Waals surface area (Å²) in [5.41, 5.74) is 1.60. The van der Waals surface area contributed by atoms with Crippen LogP contribution in [0.15, 0.2) is 42.6 Å². The number of hydrogen-bond acceptors (Lipinski definition) is 6. The summed E-state index contributed by atoms with van der Waals surface area (Å²) in [5.74, 6) is 0.416. The van der Waals surface area contributed by atoms with Crippen molar-refractivity contribution >= 4 is 23.1 Å². The van der Waals surface area contributed by atoms with E-state index >= 15 is 0 Å². The molecule has 1 saturated heterocycles. The fraction of sp³-hybridized carbons (Fsp3) is 0.294. The molecule has 2 aromatic rings. The predicted molar refractivity (Wildman–Crippen MR) is 92.3 cm³/mol. The summed E-state index contributed by atoms with van der Waals surface area (Å²) in [4.78, 5) is 26.2. The van der Waals surface area contributed by atoms with E-state index in [1.807, 2.05) is 24.3 Å². The summed E-state index contributed by atoms with van der Waals surface area (Å²) < 4.78 is 5.37. The number of ether oxygens (including phenoxy) is 1. The third kappa shape index (κ3) is 4.51. The van der Waals surface area contributed by atoms with Crippen molar-refractivity contribution in [1.29, 1.82) is 0 Å². The molecule has 0 bridgehead atoms. The molecular formula is C17H18N4O4. The fourth-order valence-corrected chi connectivity index (χ4v) is 2.56. The van der Waals surface area contributed by atoms with Crippen molar-refractivity contribution < 1.29 is 14.5 Å². The Balaban J connectivity index is 1.57. The topological polar surface area (TPSA) is 106 Å². The van der Waals surface area contributed by atoms with Crippen LogP contribution in [0.3, 0.4) is 0 Å². The van der Waals surface area contributed by atoms with Crippen molar-refractivity contribution in [3.8, 4) is 0 Å². The lowest BCUT2D eigenvalue weighted by Crippen LogP contribution is -2.26. The van der Waals surface area contributed by atoms with E-state index in [2.05, 4.69) is 15.6 Å². The van der Waals surface area contributed by atoms with Crippen LogP contribution in [0.4, 0.5) is 17.2 Å². The number of anilines is 2. The molecular weight excluding hydrogens is 324 g/mol. The second-order valence-electron chi connectivity index (χ2n) is 5.70. The molecule has 0 saturated carbocycles. The first kappa shape index (κ1) is 16.8. The van der Waals surface area contributed by atoms with E-state index in [-0.39, 0.29) is 17.7 Å². The number of carbonyl (C=O) groups excluding carboxylic acids is 1. The highest BCUT2D eigenvalue weighted by atomic mass is 16.6. The Hall–Kier alpha value is -3.00. The van der Waals surface area contributed by atoms with Gasteiger partial charge in [0.25, 0.3) is 11.6 Å². The molecule has 25 heavy (non-hydrogen) atoms. The number of nitrogens with one attached hydrogen (secondary N) is 2. The van der Waals surface area contributed by atoms with Crippen LogP contribution in [0.1, 0.15) is 18.4 Å². The second-order valence-corrected chi connectivity index (χ2v) is 5.70. The van der Waals surface area contributed by atoms with Crippen LogP contribution < -0.4 is 10.6 Å². The highest BCUT2D eigenvalue weighted by Gasteiger charge is 2.23. The summed E-state index contributed by atoms with van der Waals surface area (Å²) in [6.07, 6.45) is 2.50. The molecule has 2 heterocycles. The summed E-state index contributed by atoms with van der Waals surface area (Å²) in [7, 11) is 0. The molecule has 1 fully saturated rings. The van der Waals surface area contributed by atoms with Crippen molar-refractivity contribution in [2.45, 2.75) is 25.5 Å². The first-order chi connectivity index (χ1) is 12.1. The zero-order valence-corrected chi connectivity index (χ0v) is 13.5. The van der Waals surface area contributed by atoms with Gasteiger partial charge in [-0.1, -0.05) is 12.1 Å². The minimum absolute atomic E-state index is 0.0515. The van der Waals surface area contributed by atoms with Gasteiger partial charge in [0, 0.05) is 24.9 Å². The van der Waals surface area contributed by atoms with Gasteiger partial charge in [0.05, 0.1) is 4.92 Å². The van der Waals surface area contributed by atoms with Gasteiger partial charge in [-0.15, -0.1) is 0 Å². The average molecular weight is 342 g/mol. The molecule has 1 aliphatic heterocycles. The van der Waals surface area contributed by atoms with Gasteiger partial charge >= 0.3 is 0 Å². The van der Waals surface area contributed by atoms with Crippen molar-refractivity contribution in [3.63, 3.8) is 0 Å². The SMILES string of the molecule is O=C(Nc1cccc(CNc2ccc([N+](=O)[O-])cn2)c1)C1CCCO1. The number of nitrogens with zero attached hydrogens (tertiary/aromatic N) is 2. The number of carbonyl (C=O) groups is 1. The van der Waals surface area contributed by atoms with E-state index in [0.29, 0.717) is 24.7 Å². The zero-order valence-electron chi connectivity index (χ0n) is 13.5. The van der Waals surface area contributed by atoms with Crippen LogP contribution in [-0.2, 0) is 16.1 Å². The first-order valence-electron chi connectivity index (χ1n) is 7.97.